The van der Waals surface area contributed by atoms with E-state index in [1.807, 2.05) is 13.8 Å². The smallest absolute Gasteiger partial charge is 0.0710 e. The molecular formula is C8H19NO. The number of likely N-dealkylation sites (N-methyl/N-ethyl adjacent to an activating group) is 1. The van der Waals surface area contributed by atoms with Crippen LogP contribution in [0.2, 0.25) is 0 Å². The summed E-state index contributed by atoms with van der Waals surface area (Å²) in [6.07, 6.45) is 1.70. The van der Waals surface area contributed by atoms with E-state index in [1.54, 1.807) is 7.11 Å². The first kappa shape index (κ1) is 9.92. The molecule has 2 heteroatoms. The van der Waals surface area contributed by atoms with Gasteiger partial charge in [0.25, 0.3) is 0 Å². The number of rotatable bonds is 1. The second kappa shape index (κ2) is 5.69. The zero-order valence-electron chi connectivity index (χ0n) is 7.55. The van der Waals surface area contributed by atoms with Crippen molar-refractivity contribution in [2.24, 2.45) is 0 Å². The molecule has 10 heavy (non-hydrogen) atoms. The maximum atomic E-state index is 5.14. The van der Waals surface area contributed by atoms with Crippen molar-refractivity contribution >= 4 is 0 Å². The molecule has 1 saturated heterocycles. The summed E-state index contributed by atoms with van der Waals surface area (Å²) in [5.41, 5.74) is 0. The number of likely N-dealkylation sites (tertiary alicyclic amines) is 1. The monoisotopic (exact) mass is 145 g/mol. The van der Waals surface area contributed by atoms with Crippen LogP contribution in [0, 0.1) is 0 Å². The second-order valence-electron chi connectivity index (χ2n) is 2.41. The number of methoxy groups -OCH3 is 1. The van der Waals surface area contributed by atoms with Gasteiger partial charge in [0.1, 0.15) is 0 Å². The van der Waals surface area contributed by atoms with Crippen molar-refractivity contribution in [1.29, 1.82) is 0 Å². The lowest BCUT2D eigenvalue weighted by Gasteiger charge is -2.06. The topological polar surface area (TPSA) is 12.5 Å². The Bertz CT molecular complexity index is 75.7. The van der Waals surface area contributed by atoms with Crippen LogP contribution in [0.5, 0.6) is 0 Å². The van der Waals surface area contributed by atoms with E-state index in [-0.39, 0.29) is 0 Å². The van der Waals surface area contributed by atoms with Crippen LogP contribution in [0.4, 0.5) is 0 Å². The molecule has 1 atom stereocenters. The SMILES string of the molecule is CC.COC1CCN(C)C1. The maximum absolute atomic E-state index is 5.14. The van der Waals surface area contributed by atoms with Crippen molar-refractivity contribution in [1.82, 2.24) is 4.90 Å². The fourth-order valence-corrected chi connectivity index (χ4v) is 1.09. The van der Waals surface area contributed by atoms with Gasteiger partial charge in [0.05, 0.1) is 6.10 Å². The predicted octanol–water partition coefficient (Wildman–Crippen LogP) is 1.36. The summed E-state index contributed by atoms with van der Waals surface area (Å²) in [7, 11) is 3.91. The molecule has 1 aliphatic heterocycles. The lowest BCUT2D eigenvalue weighted by Crippen LogP contribution is -2.17. The van der Waals surface area contributed by atoms with Gasteiger partial charge >= 0.3 is 0 Å². The third-order valence-electron chi connectivity index (χ3n) is 1.68. The predicted molar refractivity (Wildman–Crippen MR) is 44.3 cm³/mol. The van der Waals surface area contributed by atoms with E-state index in [9.17, 15) is 0 Å². The molecule has 1 unspecified atom stereocenters. The normalized spacial score (nSPS) is 25.8. The molecule has 2 nitrogen and oxygen atoms in total. The number of hydrogen-bond donors (Lipinski definition) is 0. The molecule has 1 aliphatic rings. The third-order valence-corrected chi connectivity index (χ3v) is 1.68. The highest BCUT2D eigenvalue weighted by atomic mass is 16.5. The summed E-state index contributed by atoms with van der Waals surface area (Å²) < 4.78 is 5.14. The first-order valence-electron chi connectivity index (χ1n) is 4.04. The fourth-order valence-electron chi connectivity index (χ4n) is 1.09. The van der Waals surface area contributed by atoms with E-state index in [0.717, 1.165) is 6.54 Å². The van der Waals surface area contributed by atoms with Gasteiger partial charge in [-0.2, -0.15) is 0 Å². The van der Waals surface area contributed by atoms with E-state index in [2.05, 4.69) is 11.9 Å². The van der Waals surface area contributed by atoms with Crippen molar-refractivity contribution in [3.8, 4) is 0 Å². The first-order chi connectivity index (χ1) is 4.83. The van der Waals surface area contributed by atoms with E-state index < -0.39 is 0 Å². The Balaban J connectivity index is 0.000000371. The standard InChI is InChI=1S/C6H13NO.C2H6/c1-7-4-3-6(5-7)8-2;1-2/h6H,3-5H2,1-2H3;1-2H3. The molecule has 0 N–H and O–H groups in total. The van der Waals surface area contributed by atoms with Crippen LogP contribution in [-0.2, 0) is 4.74 Å². The van der Waals surface area contributed by atoms with Gasteiger partial charge in [0.2, 0.25) is 0 Å². The number of nitrogens with zero attached hydrogens (tertiary/aromatic N) is 1. The summed E-state index contributed by atoms with van der Waals surface area (Å²) in [5.74, 6) is 0. The van der Waals surface area contributed by atoms with Crippen molar-refractivity contribution in [3.63, 3.8) is 0 Å². The highest BCUT2D eigenvalue weighted by molar-refractivity contribution is 4.71. The van der Waals surface area contributed by atoms with Crippen LogP contribution in [0.25, 0.3) is 0 Å². The van der Waals surface area contributed by atoms with Gasteiger partial charge in [0.15, 0.2) is 0 Å². The van der Waals surface area contributed by atoms with Gasteiger partial charge in [0, 0.05) is 20.2 Å². The molecule has 62 valence electrons. The molecule has 0 spiro atoms. The molecule has 0 aliphatic carbocycles. The Morgan fingerprint density at radius 3 is 2.20 bits per heavy atom. The van der Waals surface area contributed by atoms with Crippen LogP contribution >= 0.6 is 0 Å². The Morgan fingerprint density at radius 2 is 2.00 bits per heavy atom. The van der Waals surface area contributed by atoms with E-state index in [0.29, 0.717) is 6.10 Å². The van der Waals surface area contributed by atoms with Gasteiger partial charge in [-0.05, 0) is 13.5 Å². The van der Waals surface area contributed by atoms with Crippen LogP contribution in [0.1, 0.15) is 20.3 Å². The molecule has 0 aromatic carbocycles. The number of ether oxygens (including phenoxy) is 1. The molecule has 0 radical (unpaired) electrons. The van der Waals surface area contributed by atoms with Crippen LogP contribution in [0.15, 0.2) is 0 Å². The quantitative estimate of drug-likeness (QED) is 0.552. The van der Waals surface area contributed by atoms with Gasteiger partial charge in [-0.3, -0.25) is 0 Å². The van der Waals surface area contributed by atoms with Crippen LogP contribution in [0.3, 0.4) is 0 Å². The highest BCUT2D eigenvalue weighted by Gasteiger charge is 2.17. The summed E-state index contributed by atoms with van der Waals surface area (Å²) >= 11 is 0. The highest BCUT2D eigenvalue weighted by Crippen LogP contribution is 2.07. The summed E-state index contributed by atoms with van der Waals surface area (Å²) in [4.78, 5) is 2.29. The third kappa shape index (κ3) is 3.18. The van der Waals surface area contributed by atoms with Gasteiger partial charge < -0.3 is 9.64 Å². The second-order valence-corrected chi connectivity index (χ2v) is 2.41. The van der Waals surface area contributed by atoms with Crippen molar-refractivity contribution in [2.75, 3.05) is 27.2 Å². The molecule has 1 heterocycles. The van der Waals surface area contributed by atoms with Crippen molar-refractivity contribution in [2.45, 2.75) is 26.4 Å². The van der Waals surface area contributed by atoms with Gasteiger partial charge in [-0.1, -0.05) is 13.8 Å². The minimum Gasteiger partial charge on any atom is -0.380 e. The van der Waals surface area contributed by atoms with Gasteiger partial charge in [-0.15, -0.1) is 0 Å². The average Bonchev–Trinajstić information content (AvgIpc) is 2.40. The maximum Gasteiger partial charge on any atom is 0.0710 e. The lowest BCUT2D eigenvalue weighted by molar-refractivity contribution is 0.111. The Labute approximate surface area is 64.2 Å². The summed E-state index contributed by atoms with van der Waals surface area (Å²) in [6.45, 7) is 6.30. The fraction of sp³-hybridized carbons (Fsp3) is 1.00. The lowest BCUT2D eigenvalue weighted by atomic mass is 10.3. The largest absolute Gasteiger partial charge is 0.380 e. The molecule has 0 aromatic heterocycles. The first-order valence-corrected chi connectivity index (χ1v) is 4.04. The Kier molecular flexibility index (Phi) is 5.64. The van der Waals surface area contributed by atoms with E-state index >= 15 is 0 Å². The Hall–Kier alpha value is -0.0800. The van der Waals surface area contributed by atoms with Crippen LogP contribution in [-0.4, -0.2) is 38.3 Å². The molecule has 0 bridgehead atoms. The molecule has 0 amide bonds. The zero-order chi connectivity index (χ0) is 7.98. The zero-order valence-corrected chi connectivity index (χ0v) is 7.55. The summed E-state index contributed by atoms with van der Waals surface area (Å²) in [5, 5.41) is 0. The number of hydrogen-bond acceptors (Lipinski definition) is 2. The molecule has 0 saturated carbocycles. The minimum atomic E-state index is 0.500. The molecule has 0 aromatic rings. The van der Waals surface area contributed by atoms with Crippen molar-refractivity contribution in [3.05, 3.63) is 0 Å². The Morgan fingerprint density at radius 1 is 1.40 bits per heavy atom. The molecule has 1 rings (SSSR count). The van der Waals surface area contributed by atoms with E-state index in [4.69, 9.17) is 4.74 Å². The minimum absolute atomic E-state index is 0.500. The van der Waals surface area contributed by atoms with Crippen molar-refractivity contribution < 1.29 is 4.74 Å². The average molecular weight is 145 g/mol. The van der Waals surface area contributed by atoms with Crippen LogP contribution < -0.4 is 0 Å². The van der Waals surface area contributed by atoms with Gasteiger partial charge in [-0.25, -0.2) is 0 Å². The summed E-state index contributed by atoms with van der Waals surface area (Å²) in [6, 6.07) is 0. The molecule has 1 fully saturated rings. The molecular weight excluding hydrogens is 126 g/mol. The van der Waals surface area contributed by atoms with E-state index in [1.165, 1.54) is 13.0 Å².